The van der Waals surface area contributed by atoms with Crippen LogP contribution in [0.1, 0.15) is 33.6 Å². The van der Waals surface area contributed by atoms with Crippen molar-refractivity contribution in [1.29, 1.82) is 0 Å². The smallest absolute Gasteiger partial charge is 0.0693 e. The van der Waals surface area contributed by atoms with Gasteiger partial charge in [-0.15, -0.1) is 0 Å². The highest BCUT2D eigenvalue weighted by molar-refractivity contribution is 6.48. The average Bonchev–Trinajstić information content (AvgIpc) is 2.90. The van der Waals surface area contributed by atoms with Crippen LogP contribution in [0.4, 0.5) is 11.4 Å². The number of nitrogens with zero attached hydrogens (tertiary/aromatic N) is 2. The van der Waals surface area contributed by atoms with E-state index in [1.165, 1.54) is 24.3 Å². The fourth-order valence-electron chi connectivity index (χ4n) is 4.44. The lowest BCUT2D eigenvalue weighted by Crippen LogP contribution is -2.33. The van der Waals surface area contributed by atoms with Crippen molar-refractivity contribution in [2.45, 2.75) is 33.6 Å². The van der Waals surface area contributed by atoms with E-state index in [-0.39, 0.29) is 10.8 Å². The minimum Gasteiger partial charge on any atom is -0.251 e. The van der Waals surface area contributed by atoms with Crippen LogP contribution in [0.15, 0.2) is 70.6 Å². The van der Waals surface area contributed by atoms with E-state index < -0.39 is 0 Å². The lowest BCUT2D eigenvalue weighted by Gasteiger charge is -2.33. The molecule has 122 valence electrons. The predicted octanol–water partition coefficient (Wildman–Crippen LogP) is 5.99. The number of para-hydroxylation sites is 2. The summed E-state index contributed by atoms with van der Waals surface area (Å²) < 4.78 is 0. The van der Waals surface area contributed by atoms with Gasteiger partial charge in [-0.3, -0.25) is 9.98 Å². The Hall–Kier alpha value is -2.22. The summed E-state index contributed by atoms with van der Waals surface area (Å²) in [6.45, 7) is 7.15. The highest BCUT2D eigenvalue weighted by Gasteiger charge is 2.63. The van der Waals surface area contributed by atoms with E-state index in [0.29, 0.717) is 5.92 Å². The molecule has 2 aliphatic rings. The van der Waals surface area contributed by atoms with Crippen molar-refractivity contribution in [3.8, 4) is 0 Å². The van der Waals surface area contributed by atoms with Gasteiger partial charge in [0.1, 0.15) is 0 Å². The number of fused-ring (bicyclic) bond motifs is 2. The number of benzene rings is 2. The monoisotopic (exact) mass is 316 g/mol. The fourth-order valence-corrected chi connectivity index (χ4v) is 4.44. The zero-order chi connectivity index (χ0) is 16.8. The van der Waals surface area contributed by atoms with Crippen LogP contribution in [0.25, 0.3) is 0 Å². The Kier molecular flexibility index (Phi) is 3.45. The van der Waals surface area contributed by atoms with Crippen LogP contribution in [0.5, 0.6) is 0 Å². The maximum absolute atomic E-state index is 5.07. The second kappa shape index (κ2) is 5.41. The molecule has 2 heteroatoms. The van der Waals surface area contributed by atoms with Crippen LogP contribution < -0.4 is 0 Å². The molecule has 24 heavy (non-hydrogen) atoms. The zero-order valence-electron chi connectivity index (χ0n) is 14.7. The van der Waals surface area contributed by atoms with E-state index in [4.69, 9.17) is 9.98 Å². The lowest BCUT2D eigenvalue weighted by atomic mass is 9.70. The van der Waals surface area contributed by atoms with Crippen LogP contribution in [0.2, 0.25) is 0 Å². The highest BCUT2D eigenvalue weighted by Crippen LogP contribution is 2.63. The quantitative estimate of drug-likeness (QED) is 0.650. The van der Waals surface area contributed by atoms with Gasteiger partial charge >= 0.3 is 0 Å². The average molecular weight is 316 g/mol. The molecule has 0 unspecified atom stereocenters. The fraction of sp³-hybridized carbons (Fsp3) is 0.364. The van der Waals surface area contributed by atoms with Crippen LogP contribution in [0, 0.1) is 16.7 Å². The minimum absolute atomic E-state index is 0.0983. The summed E-state index contributed by atoms with van der Waals surface area (Å²) in [6.07, 6.45) is 2.41. The third-order valence-electron chi connectivity index (χ3n) is 6.32. The van der Waals surface area contributed by atoms with Crippen molar-refractivity contribution in [3.63, 3.8) is 0 Å². The van der Waals surface area contributed by atoms with Gasteiger partial charge in [-0.2, -0.15) is 0 Å². The summed E-state index contributed by atoms with van der Waals surface area (Å²) >= 11 is 0. The molecule has 0 spiro atoms. The third kappa shape index (κ3) is 2.16. The van der Waals surface area contributed by atoms with Crippen LogP contribution in [-0.4, -0.2) is 11.4 Å². The topological polar surface area (TPSA) is 24.7 Å². The lowest BCUT2D eigenvalue weighted by molar-refractivity contribution is 0.208. The molecule has 2 fully saturated rings. The molecule has 0 aliphatic heterocycles. The van der Waals surface area contributed by atoms with E-state index in [9.17, 15) is 0 Å². The first-order valence-corrected chi connectivity index (χ1v) is 8.80. The van der Waals surface area contributed by atoms with Crippen LogP contribution >= 0.6 is 0 Å². The van der Waals surface area contributed by atoms with E-state index in [2.05, 4.69) is 45.0 Å². The number of hydrogen-bond acceptors (Lipinski definition) is 2. The van der Waals surface area contributed by atoms with Crippen molar-refractivity contribution in [2.75, 3.05) is 0 Å². The van der Waals surface area contributed by atoms with Crippen molar-refractivity contribution < 1.29 is 0 Å². The summed E-state index contributed by atoms with van der Waals surface area (Å²) in [5.74, 6) is 0.491. The standard InChI is InChI=1S/C22H24N2/c1-21(2)18-14-15-22(21,3)20(24-17-12-8-5-9-13-17)19(18)23-16-10-6-4-7-11-16/h4-13,18H,14-15H2,1-3H3/t18-,22+/m0/s1. The van der Waals surface area contributed by atoms with Gasteiger partial charge < -0.3 is 0 Å². The first-order chi connectivity index (χ1) is 11.5. The van der Waals surface area contributed by atoms with Crippen molar-refractivity contribution in [3.05, 3.63) is 60.7 Å². The Balaban J connectivity index is 1.88. The molecule has 2 nitrogen and oxygen atoms in total. The van der Waals surface area contributed by atoms with E-state index in [1.54, 1.807) is 0 Å². The molecule has 2 aromatic carbocycles. The number of rotatable bonds is 2. The van der Waals surface area contributed by atoms with Crippen LogP contribution in [0.3, 0.4) is 0 Å². The normalized spacial score (nSPS) is 31.0. The second-order valence-corrected chi connectivity index (χ2v) is 7.77. The van der Waals surface area contributed by atoms with E-state index in [0.717, 1.165) is 11.4 Å². The molecule has 0 heterocycles. The summed E-state index contributed by atoms with van der Waals surface area (Å²) in [4.78, 5) is 10.1. The SMILES string of the molecule is CC1(C)[C@H]2CC[C@]1(C)C(=Nc1ccccc1)C2=Nc1ccccc1. The van der Waals surface area contributed by atoms with Gasteiger partial charge in [-0.25, -0.2) is 0 Å². The van der Waals surface area contributed by atoms with Gasteiger partial charge in [0, 0.05) is 11.3 Å². The molecule has 2 aromatic rings. The third-order valence-corrected chi connectivity index (χ3v) is 6.32. The molecule has 0 saturated heterocycles. The van der Waals surface area contributed by atoms with Gasteiger partial charge in [0.15, 0.2) is 0 Å². The Morgan fingerprint density at radius 3 is 1.92 bits per heavy atom. The molecule has 4 rings (SSSR count). The Morgan fingerprint density at radius 1 is 0.792 bits per heavy atom. The van der Waals surface area contributed by atoms with Gasteiger partial charge in [0.25, 0.3) is 0 Å². The number of hydrogen-bond donors (Lipinski definition) is 0. The first kappa shape index (κ1) is 15.3. The second-order valence-electron chi connectivity index (χ2n) is 7.77. The Morgan fingerprint density at radius 2 is 1.33 bits per heavy atom. The zero-order valence-corrected chi connectivity index (χ0v) is 14.7. The molecular formula is C22H24N2. The number of aliphatic imine (C=N–C) groups is 2. The van der Waals surface area contributed by atoms with Crippen molar-refractivity contribution >= 4 is 22.8 Å². The van der Waals surface area contributed by atoms with Gasteiger partial charge in [0.05, 0.1) is 22.8 Å². The van der Waals surface area contributed by atoms with Gasteiger partial charge in [0.2, 0.25) is 0 Å². The molecule has 2 aliphatic carbocycles. The molecular weight excluding hydrogens is 292 g/mol. The highest BCUT2D eigenvalue weighted by atomic mass is 14.9. The summed E-state index contributed by atoms with van der Waals surface area (Å²) in [5.41, 5.74) is 4.75. The molecule has 2 saturated carbocycles. The molecule has 0 radical (unpaired) electrons. The summed E-state index contributed by atoms with van der Waals surface area (Å²) in [7, 11) is 0. The van der Waals surface area contributed by atoms with Crippen molar-refractivity contribution in [2.24, 2.45) is 26.7 Å². The molecule has 2 atom stereocenters. The van der Waals surface area contributed by atoms with E-state index >= 15 is 0 Å². The Bertz CT molecular complexity index is 802. The molecule has 0 aromatic heterocycles. The maximum atomic E-state index is 5.07. The Labute approximate surface area is 144 Å². The maximum Gasteiger partial charge on any atom is 0.0693 e. The summed E-state index contributed by atoms with van der Waals surface area (Å²) in [5, 5.41) is 0. The molecule has 2 bridgehead atoms. The van der Waals surface area contributed by atoms with Gasteiger partial charge in [-0.1, -0.05) is 57.2 Å². The molecule has 0 amide bonds. The van der Waals surface area contributed by atoms with Gasteiger partial charge in [-0.05, 0) is 42.5 Å². The van der Waals surface area contributed by atoms with E-state index in [1.807, 2.05) is 36.4 Å². The minimum atomic E-state index is 0.0983. The predicted molar refractivity (Wildman–Crippen MR) is 102 cm³/mol. The van der Waals surface area contributed by atoms with Crippen LogP contribution in [-0.2, 0) is 0 Å². The molecule has 0 N–H and O–H groups in total. The van der Waals surface area contributed by atoms with Crippen molar-refractivity contribution in [1.82, 2.24) is 0 Å². The first-order valence-electron chi connectivity index (χ1n) is 8.80. The summed E-state index contributed by atoms with van der Waals surface area (Å²) in [6, 6.07) is 20.6. The largest absolute Gasteiger partial charge is 0.251 e.